The van der Waals surface area contributed by atoms with Crippen molar-refractivity contribution in [1.29, 1.82) is 0 Å². The van der Waals surface area contributed by atoms with Gasteiger partial charge in [-0.2, -0.15) is 0 Å². The summed E-state index contributed by atoms with van der Waals surface area (Å²) in [6, 6.07) is 12.6. The minimum absolute atomic E-state index is 0.117. The van der Waals surface area contributed by atoms with E-state index in [-0.39, 0.29) is 30.2 Å². The molecular weight excluding hydrogens is 410 g/mol. The maximum Gasteiger partial charge on any atom is 0.251 e. The number of hydrogen-bond acceptors (Lipinski definition) is 8. The summed E-state index contributed by atoms with van der Waals surface area (Å²) in [6.45, 7) is 0.829. The van der Waals surface area contributed by atoms with E-state index in [1.165, 1.54) is 0 Å². The van der Waals surface area contributed by atoms with Crippen LogP contribution in [0.5, 0.6) is 0 Å². The van der Waals surface area contributed by atoms with Gasteiger partial charge in [0, 0.05) is 31.5 Å². The highest BCUT2D eigenvalue weighted by molar-refractivity contribution is 5.94. The first-order chi connectivity index (χ1) is 15.6. The van der Waals surface area contributed by atoms with Crippen molar-refractivity contribution >= 4 is 17.5 Å². The van der Waals surface area contributed by atoms with Crippen LogP contribution in [0.3, 0.4) is 0 Å². The Hall–Kier alpha value is -3.43. The normalized spacial score (nSPS) is 24.2. The number of hydrogen-bond donors (Lipinski definition) is 2. The Morgan fingerprint density at radius 2 is 1.78 bits per heavy atom. The van der Waals surface area contributed by atoms with Crippen molar-refractivity contribution in [3.63, 3.8) is 0 Å². The van der Waals surface area contributed by atoms with E-state index >= 15 is 0 Å². The van der Waals surface area contributed by atoms with Crippen LogP contribution >= 0.6 is 0 Å². The number of carbonyl (C=O) groups is 1. The summed E-state index contributed by atoms with van der Waals surface area (Å²) in [4.78, 5) is 23.5. The van der Waals surface area contributed by atoms with Gasteiger partial charge >= 0.3 is 0 Å². The average molecular weight is 435 g/mol. The lowest BCUT2D eigenvalue weighted by Gasteiger charge is -2.19. The number of carbonyl (C=O) groups excluding carboxylic acids is 1. The van der Waals surface area contributed by atoms with E-state index in [0.717, 1.165) is 5.69 Å². The number of aromatic nitrogens is 2. The lowest BCUT2D eigenvalue weighted by molar-refractivity contribution is 0.0652. The number of benzene rings is 1. The van der Waals surface area contributed by atoms with Gasteiger partial charge in [0.05, 0.1) is 31.6 Å². The molecule has 0 saturated carbocycles. The molecule has 2 aliphatic heterocycles. The Balaban J connectivity index is 1.21. The van der Waals surface area contributed by atoms with E-state index in [2.05, 4.69) is 20.6 Å². The molecule has 2 saturated heterocycles. The van der Waals surface area contributed by atoms with Crippen LogP contribution in [0.15, 0.2) is 59.3 Å². The Bertz CT molecular complexity index is 1070. The number of amides is 1. The largest absolute Gasteiger partial charge is 0.463 e. The van der Waals surface area contributed by atoms with Gasteiger partial charge < -0.3 is 29.4 Å². The van der Waals surface area contributed by atoms with Crippen molar-refractivity contribution in [2.24, 2.45) is 0 Å². The second-order valence-electron chi connectivity index (χ2n) is 8.11. The molecule has 2 aliphatic rings. The van der Waals surface area contributed by atoms with Crippen LogP contribution in [0.25, 0.3) is 11.5 Å². The quantitative estimate of drug-likeness (QED) is 0.608. The fourth-order valence-electron chi connectivity index (χ4n) is 4.07. The number of nitrogens with one attached hydrogen (secondary N) is 2. The molecule has 2 fully saturated rings. The van der Waals surface area contributed by atoms with Crippen molar-refractivity contribution in [3.05, 3.63) is 60.5 Å². The highest BCUT2D eigenvalue weighted by Crippen LogP contribution is 2.29. The van der Waals surface area contributed by atoms with E-state index < -0.39 is 0 Å². The molecule has 2 N–H and O–H groups in total. The molecule has 0 unspecified atom stereocenters. The molecule has 2 aromatic heterocycles. The lowest BCUT2D eigenvalue weighted by Crippen LogP contribution is -2.44. The fourth-order valence-corrected chi connectivity index (χ4v) is 4.07. The molecule has 3 aromatic rings. The standard InChI is InChI=1S/C23H25N5O4/c1-28(2)15-7-5-14(6-8-15)22(29)25-17-12-31-21-18(13-32-20(17)21)27-23-24-10-9-16(26-23)19-4-3-11-30-19/h3-11,17-18,20-21H,12-13H2,1-2H3,(H,25,29)(H,24,26,27)/t17-,18+,20-,21+/m1/s1. The predicted octanol–water partition coefficient (Wildman–Crippen LogP) is 2.18. The molecule has 9 heteroatoms. The zero-order chi connectivity index (χ0) is 22.1. The van der Waals surface area contributed by atoms with E-state index in [0.29, 0.717) is 36.2 Å². The molecule has 32 heavy (non-hydrogen) atoms. The maximum absolute atomic E-state index is 12.7. The minimum atomic E-state index is -0.231. The smallest absolute Gasteiger partial charge is 0.251 e. The molecule has 0 bridgehead atoms. The Kier molecular flexibility index (Phi) is 5.50. The Morgan fingerprint density at radius 1 is 1.03 bits per heavy atom. The first kappa shape index (κ1) is 20.5. The third-order valence-corrected chi connectivity index (χ3v) is 5.76. The van der Waals surface area contributed by atoms with E-state index in [1.54, 1.807) is 18.5 Å². The van der Waals surface area contributed by atoms with Crippen LogP contribution in [0.1, 0.15) is 10.4 Å². The fraction of sp³-hybridized carbons (Fsp3) is 0.348. The second kappa shape index (κ2) is 8.60. The molecule has 4 heterocycles. The van der Waals surface area contributed by atoms with Gasteiger partial charge in [0.25, 0.3) is 5.91 Å². The van der Waals surface area contributed by atoms with Crippen LogP contribution in [0.4, 0.5) is 11.6 Å². The third-order valence-electron chi connectivity index (χ3n) is 5.76. The number of rotatable bonds is 6. The topological polar surface area (TPSA) is 102 Å². The first-order valence-electron chi connectivity index (χ1n) is 10.5. The van der Waals surface area contributed by atoms with Crippen LogP contribution in [0, 0.1) is 0 Å². The van der Waals surface area contributed by atoms with Crippen LogP contribution in [-0.2, 0) is 9.47 Å². The lowest BCUT2D eigenvalue weighted by atomic mass is 10.1. The van der Waals surface area contributed by atoms with Crippen LogP contribution < -0.4 is 15.5 Å². The van der Waals surface area contributed by atoms with Crippen molar-refractivity contribution in [2.45, 2.75) is 24.3 Å². The molecule has 0 radical (unpaired) electrons. The zero-order valence-electron chi connectivity index (χ0n) is 17.9. The predicted molar refractivity (Wildman–Crippen MR) is 119 cm³/mol. The summed E-state index contributed by atoms with van der Waals surface area (Å²) in [5.74, 6) is 1.01. The summed E-state index contributed by atoms with van der Waals surface area (Å²) < 4.78 is 17.4. The van der Waals surface area contributed by atoms with Crippen LogP contribution in [0.2, 0.25) is 0 Å². The number of furan rings is 1. The number of anilines is 2. The van der Waals surface area contributed by atoms with E-state index in [9.17, 15) is 4.79 Å². The first-order valence-corrected chi connectivity index (χ1v) is 10.5. The molecule has 0 aliphatic carbocycles. The average Bonchev–Trinajstić information content (AvgIpc) is 3.55. The van der Waals surface area contributed by atoms with E-state index in [4.69, 9.17) is 13.9 Å². The van der Waals surface area contributed by atoms with Gasteiger partial charge in [0.1, 0.15) is 17.9 Å². The zero-order valence-corrected chi connectivity index (χ0v) is 17.9. The van der Waals surface area contributed by atoms with Crippen molar-refractivity contribution in [1.82, 2.24) is 15.3 Å². The monoisotopic (exact) mass is 435 g/mol. The highest BCUT2D eigenvalue weighted by Gasteiger charge is 2.48. The summed E-state index contributed by atoms with van der Waals surface area (Å²) >= 11 is 0. The second-order valence-corrected chi connectivity index (χ2v) is 8.11. The summed E-state index contributed by atoms with van der Waals surface area (Å²) in [6.07, 6.45) is 2.86. The van der Waals surface area contributed by atoms with Crippen LogP contribution in [-0.4, -0.2) is 67.5 Å². The van der Waals surface area contributed by atoms with Gasteiger partial charge in [0.2, 0.25) is 5.95 Å². The Morgan fingerprint density at radius 3 is 2.50 bits per heavy atom. The summed E-state index contributed by atoms with van der Waals surface area (Å²) in [5, 5.41) is 6.36. The minimum Gasteiger partial charge on any atom is -0.463 e. The molecule has 0 spiro atoms. The SMILES string of the molecule is CN(C)c1ccc(C(=O)N[C@@H]2CO[C@@H]3[C@@H]2OC[C@@H]3Nc2nccc(-c3ccco3)n2)cc1. The van der Waals surface area contributed by atoms with Gasteiger partial charge in [-0.1, -0.05) is 0 Å². The highest BCUT2D eigenvalue weighted by atomic mass is 16.6. The molecule has 9 nitrogen and oxygen atoms in total. The molecule has 166 valence electrons. The molecule has 1 amide bonds. The van der Waals surface area contributed by atoms with Gasteiger partial charge in [-0.25, -0.2) is 9.97 Å². The maximum atomic E-state index is 12.7. The third kappa shape index (κ3) is 4.04. The van der Waals surface area contributed by atoms with Crippen molar-refractivity contribution < 1.29 is 18.7 Å². The molecule has 1 aromatic carbocycles. The number of ether oxygens (including phenoxy) is 2. The summed E-state index contributed by atoms with van der Waals surface area (Å²) in [5.41, 5.74) is 2.34. The van der Waals surface area contributed by atoms with Gasteiger partial charge in [-0.05, 0) is 42.5 Å². The van der Waals surface area contributed by atoms with Crippen molar-refractivity contribution in [3.8, 4) is 11.5 Å². The summed E-state index contributed by atoms with van der Waals surface area (Å²) in [7, 11) is 3.93. The van der Waals surface area contributed by atoms with E-state index in [1.807, 2.05) is 55.4 Å². The number of nitrogens with zero attached hydrogens (tertiary/aromatic N) is 3. The molecular formula is C23H25N5O4. The molecule has 5 rings (SSSR count). The van der Waals surface area contributed by atoms with Gasteiger partial charge in [-0.15, -0.1) is 0 Å². The Labute approximate surface area is 185 Å². The van der Waals surface area contributed by atoms with Gasteiger partial charge in [-0.3, -0.25) is 4.79 Å². The molecule has 4 atom stereocenters. The van der Waals surface area contributed by atoms with Crippen molar-refractivity contribution in [2.75, 3.05) is 37.5 Å². The number of fused-ring (bicyclic) bond motifs is 1. The van der Waals surface area contributed by atoms with Gasteiger partial charge in [0.15, 0.2) is 5.76 Å².